The molecule has 2 rings (SSSR count). The monoisotopic (exact) mass is 312 g/mol. The number of hydrogen-bond donors (Lipinski definition) is 1. The maximum atomic E-state index is 12.0. The molecule has 1 heterocycles. The quantitative estimate of drug-likeness (QED) is 0.866. The van der Waals surface area contributed by atoms with Crippen molar-refractivity contribution in [1.82, 2.24) is 4.90 Å². The number of hydrogen-bond acceptors (Lipinski definition) is 3. The summed E-state index contributed by atoms with van der Waals surface area (Å²) in [5, 5.41) is 0.642. The van der Waals surface area contributed by atoms with Crippen LogP contribution in [0, 0.1) is 5.92 Å². The summed E-state index contributed by atoms with van der Waals surface area (Å²) in [7, 11) is 0. The van der Waals surface area contributed by atoms with Crippen LogP contribution in [-0.2, 0) is 4.79 Å². The van der Waals surface area contributed by atoms with E-state index in [0.717, 1.165) is 12.8 Å². The first-order valence-electron chi connectivity index (χ1n) is 6.51. The Kier molecular flexibility index (Phi) is 5.20. The molecular formula is C14H17ClN2O2S. The molecule has 6 heteroatoms. The molecular weight excluding hydrogens is 296 g/mol. The number of ether oxygens (including phenoxy) is 1. The Morgan fingerprint density at radius 1 is 1.35 bits per heavy atom. The van der Waals surface area contributed by atoms with Crippen molar-refractivity contribution < 1.29 is 9.53 Å². The summed E-state index contributed by atoms with van der Waals surface area (Å²) in [6.45, 7) is 1.41. The summed E-state index contributed by atoms with van der Waals surface area (Å²) >= 11 is 10.8. The van der Waals surface area contributed by atoms with Crippen LogP contribution in [0.4, 0.5) is 0 Å². The van der Waals surface area contributed by atoms with Crippen LogP contribution in [0.1, 0.15) is 12.8 Å². The van der Waals surface area contributed by atoms with Crippen molar-refractivity contribution in [1.29, 1.82) is 0 Å². The van der Waals surface area contributed by atoms with Gasteiger partial charge in [-0.2, -0.15) is 0 Å². The van der Waals surface area contributed by atoms with Crippen molar-refractivity contribution in [3.8, 4) is 5.75 Å². The molecule has 0 saturated carbocycles. The average Bonchev–Trinajstić information content (AvgIpc) is 2.46. The van der Waals surface area contributed by atoms with Crippen molar-refractivity contribution in [2.45, 2.75) is 12.8 Å². The van der Waals surface area contributed by atoms with Crippen molar-refractivity contribution >= 4 is 34.7 Å². The molecule has 1 aromatic rings. The predicted molar refractivity (Wildman–Crippen MR) is 83.0 cm³/mol. The van der Waals surface area contributed by atoms with Crippen molar-refractivity contribution in [2.75, 3.05) is 19.7 Å². The standard InChI is InChI=1S/C14H17ClN2O2S/c15-11-1-3-12(4-2-11)19-9-13(18)17-7-5-10(6-8-17)14(16)20/h1-4,10H,5-9H2,(H2,16,20). The maximum Gasteiger partial charge on any atom is 0.260 e. The van der Waals surface area contributed by atoms with Crippen LogP contribution in [0.2, 0.25) is 5.02 Å². The van der Waals surface area contributed by atoms with Crippen molar-refractivity contribution in [3.63, 3.8) is 0 Å². The molecule has 1 saturated heterocycles. The third-order valence-electron chi connectivity index (χ3n) is 3.43. The summed E-state index contributed by atoms with van der Waals surface area (Å²) in [5.74, 6) is 0.883. The van der Waals surface area contributed by atoms with Crippen LogP contribution in [0.25, 0.3) is 0 Å². The van der Waals surface area contributed by atoms with E-state index >= 15 is 0 Å². The number of carbonyl (C=O) groups excluding carboxylic acids is 1. The summed E-state index contributed by atoms with van der Waals surface area (Å²) in [6, 6.07) is 6.95. The normalized spacial score (nSPS) is 15.9. The van der Waals surface area contributed by atoms with Gasteiger partial charge in [-0.1, -0.05) is 23.8 Å². The molecule has 0 spiro atoms. The molecule has 4 nitrogen and oxygen atoms in total. The Morgan fingerprint density at radius 2 is 1.95 bits per heavy atom. The van der Waals surface area contributed by atoms with Crippen LogP contribution < -0.4 is 10.5 Å². The largest absolute Gasteiger partial charge is 0.484 e. The number of carbonyl (C=O) groups is 1. The zero-order valence-electron chi connectivity index (χ0n) is 11.0. The Balaban J connectivity index is 1.78. The first-order valence-corrected chi connectivity index (χ1v) is 7.30. The molecule has 108 valence electrons. The number of likely N-dealkylation sites (tertiary alicyclic amines) is 1. The summed E-state index contributed by atoms with van der Waals surface area (Å²) in [4.78, 5) is 14.4. The van der Waals surface area contributed by atoms with E-state index in [1.54, 1.807) is 29.2 Å². The van der Waals surface area contributed by atoms with Gasteiger partial charge in [0, 0.05) is 24.0 Å². The Morgan fingerprint density at radius 3 is 2.50 bits per heavy atom. The fourth-order valence-electron chi connectivity index (χ4n) is 2.18. The van der Waals surface area contributed by atoms with E-state index in [0.29, 0.717) is 28.9 Å². The summed E-state index contributed by atoms with van der Waals surface area (Å²) in [6.07, 6.45) is 1.67. The van der Waals surface area contributed by atoms with Crippen LogP contribution >= 0.6 is 23.8 Å². The highest BCUT2D eigenvalue weighted by atomic mass is 35.5. The minimum Gasteiger partial charge on any atom is -0.484 e. The summed E-state index contributed by atoms with van der Waals surface area (Å²) < 4.78 is 5.45. The zero-order chi connectivity index (χ0) is 14.5. The predicted octanol–water partition coefficient (Wildman–Crippen LogP) is 2.24. The first-order chi connectivity index (χ1) is 9.56. The number of nitrogens with zero attached hydrogens (tertiary/aromatic N) is 1. The Hall–Kier alpha value is -1.33. The van der Waals surface area contributed by atoms with Gasteiger partial charge in [-0.25, -0.2) is 0 Å². The molecule has 0 atom stereocenters. The van der Waals surface area contributed by atoms with Crippen molar-refractivity contribution in [3.05, 3.63) is 29.3 Å². The number of rotatable bonds is 4. The fraction of sp³-hybridized carbons (Fsp3) is 0.429. The Labute approximate surface area is 128 Å². The molecule has 0 aliphatic carbocycles. The molecule has 1 amide bonds. The minimum atomic E-state index is -0.0126. The lowest BCUT2D eigenvalue weighted by Gasteiger charge is -2.31. The topological polar surface area (TPSA) is 55.6 Å². The molecule has 20 heavy (non-hydrogen) atoms. The third kappa shape index (κ3) is 4.08. The molecule has 1 aliphatic heterocycles. The molecule has 1 aromatic carbocycles. The Bertz CT molecular complexity index is 484. The highest BCUT2D eigenvalue weighted by Crippen LogP contribution is 2.18. The molecule has 1 fully saturated rings. The first kappa shape index (κ1) is 15.1. The number of halogens is 1. The van der Waals surface area contributed by atoms with Gasteiger partial charge in [0.1, 0.15) is 5.75 Å². The number of thiocarbonyl (C=S) groups is 1. The van der Waals surface area contributed by atoms with Crippen LogP contribution in [0.5, 0.6) is 5.75 Å². The van der Waals surface area contributed by atoms with Gasteiger partial charge in [0.25, 0.3) is 5.91 Å². The van der Waals surface area contributed by atoms with E-state index in [9.17, 15) is 4.79 Å². The summed E-state index contributed by atoms with van der Waals surface area (Å²) in [5.41, 5.74) is 5.63. The number of amides is 1. The van der Waals surface area contributed by atoms with Gasteiger partial charge in [0.2, 0.25) is 0 Å². The van der Waals surface area contributed by atoms with Gasteiger partial charge in [0.05, 0.1) is 4.99 Å². The van der Waals surface area contributed by atoms with E-state index in [4.69, 9.17) is 34.3 Å². The van der Waals surface area contributed by atoms with Gasteiger partial charge in [-0.3, -0.25) is 4.79 Å². The number of nitrogens with two attached hydrogens (primary N) is 1. The second-order valence-electron chi connectivity index (χ2n) is 4.80. The second kappa shape index (κ2) is 6.90. The van der Waals surface area contributed by atoms with Crippen LogP contribution in [0.3, 0.4) is 0 Å². The third-order valence-corrected chi connectivity index (χ3v) is 4.01. The van der Waals surface area contributed by atoms with E-state index in [1.165, 1.54) is 0 Å². The van der Waals surface area contributed by atoms with Gasteiger partial charge >= 0.3 is 0 Å². The SMILES string of the molecule is NC(=S)C1CCN(C(=O)COc2ccc(Cl)cc2)CC1. The highest BCUT2D eigenvalue weighted by Gasteiger charge is 2.24. The van der Waals surface area contributed by atoms with E-state index < -0.39 is 0 Å². The zero-order valence-corrected chi connectivity index (χ0v) is 12.6. The fourth-order valence-corrected chi connectivity index (χ4v) is 2.54. The molecule has 0 unspecified atom stereocenters. The lowest BCUT2D eigenvalue weighted by molar-refractivity contribution is -0.134. The minimum absolute atomic E-state index is 0.0126. The average molecular weight is 313 g/mol. The van der Waals surface area contributed by atoms with Gasteiger partial charge in [-0.15, -0.1) is 0 Å². The molecule has 0 aromatic heterocycles. The molecule has 2 N–H and O–H groups in total. The lowest BCUT2D eigenvalue weighted by atomic mass is 9.97. The smallest absolute Gasteiger partial charge is 0.260 e. The molecule has 0 bridgehead atoms. The number of piperidine rings is 1. The van der Waals surface area contributed by atoms with E-state index in [1.807, 2.05) is 0 Å². The number of benzene rings is 1. The van der Waals surface area contributed by atoms with Crippen molar-refractivity contribution in [2.24, 2.45) is 11.7 Å². The van der Waals surface area contributed by atoms with E-state index in [2.05, 4.69) is 0 Å². The second-order valence-corrected chi connectivity index (χ2v) is 5.71. The molecule has 1 aliphatic rings. The van der Waals surface area contributed by atoms with Gasteiger partial charge in [0.15, 0.2) is 6.61 Å². The highest BCUT2D eigenvalue weighted by molar-refractivity contribution is 7.80. The molecule has 0 radical (unpaired) electrons. The van der Waals surface area contributed by atoms with Crippen LogP contribution in [-0.4, -0.2) is 35.5 Å². The van der Waals surface area contributed by atoms with Gasteiger partial charge in [-0.05, 0) is 37.1 Å². The van der Waals surface area contributed by atoms with Crippen LogP contribution in [0.15, 0.2) is 24.3 Å². The lowest BCUT2D eigenvalue weighted by Crippen LogP contribution is -2.43. The van der Waals surface area contributed by atoms with E-state index in [-0.39, 0.29) is 18.4 Å². The van der Waals surface area contributed by atoms with Gasteiger partial charge < -0.3 is 15.4 Å². The maximum absolute atomic E-state index is 12.0.